The van der Waals surface area contributed by atoms with Crippen LogP contribution in [0.3, 0.4) is 0 Å². The molecule has 0 bridgehead atoms. The second-order valence-corrected chi connectivity index (χ2v) is 2.20. The Bertz CT molecular complexity index is 125. The summed E-state index contributed by atoms with van der Waals surface area (Å²) in [5.74, 6) is 0. The first-order valence-electron chi connectivity index (χ1n) is 3.64. The Morgan fingerprint density at radius 2 is 2.17 bits per heavy atom. The molecule has 0 spiro atoms. The van der Waals surface area contributed by atoms with Crippen LogP contribution in [0.5, 0.6) is 0 Å². The van der Waals surface area contributed by atoms with Crippen molar-refractivity contribution < 1.29 is 24.1 Å². The number of hydrogen-bond donors (Lipinski definition) is 1. The summed E-state index contributed by atoms with van der Waals surface area (Å²) in [6.07, 6.45) is -1.31. The molecule has 0 heterocycles. The summed E-state index contributed by atoms with van der Waals surface area (Å²) in [7, 11) is 1.51. The number of rotatable bonds is 5. The zero-order valence-corrected chi connectivity index (χ0v) is 7.28. The molecule has 0 aromatic carbocycles. The smallest absolute Gasteiger partial charge is 0.432 e. The van der Waals surface area contributed by atoms with E-state index in [9.17, 15) is 4.79 Å². The van der Waals surface area contributed by atoms with Crippen LogP contribution in [-0.4, -0.2) is 44.3 Å². The number of ether oxygens (including phenoxy) is 3. The van der Waals surface area contributed by atoms with Gasteiger partial charge in [0.15, 0.2) is 0 Å². The highest BCUT2D eigenvalue weighted by Gasteiger charge is 2.08. The maximum absolute atomic E-state index is 10.7. The summed E-state index contributed by atoms with van der Waals surface area (Å²) >= 11 is 0. The third-order valence-electron chi connectivity index (χ3n) is 1.06. The van der Waals surface area contributed by atoms with Gasteiger partial charge in [-0.05, 0) is 6.92 Å². The number of hydrogen-bond acceptors (Lipinski definition) is 5. The molecule has 1 atom stereocenters. The van der Waals surface area contributed by atoms with E-state index in [1.54, 1.807) is 6.92 Å². The predicted octanol–water partition coefficient (Wildman–Crippen LogP) is 0.167. The fraction of sp³-hybridized carbons (Fsp3) is 0.857. The van der Waals surface area contributed by atoms with Crippen molar-refractivity contribution in [3.63, 3.8) is 0 Å². The van der Waals surface area contributed by atoms with Crippen LogP contribution >= 0.6 is 0 Å². The first-order valence-corrected chi connectivity index (χ1v) is 3.64. The molecule has 0 saturated carbocycles. The lowest BCUT2D eigenvalue weighted by molar-refractivity contribution is 0.000394. The highest BCUT2D eigenvalue weighted by Crippen LogP contribution is 1.92. The quantitative estimate of drug-likeness (QED) is 0.480. The van der Waals surface area contributed by atoms with Crippen LogP contribution in [0.4, 0.5) is 4.79 Å². The third kappa shape index (κ3) is 5.94. The van der Waals surface area contributed by atoms with Crippen molar-refractivity contribution >= 4 is 6.16 Å². The van der Waals surface area contributed by atoms with Crippen molar-refractivity contribution in [1.29, 1.82) is 0 Å². The van der Waals surface area contributed by atoms with Crippen LogP contribution in [-0.2, 0) is 14.2 Å². The van der Waals surface area contributed by atoms with Crippen molar-refractivity contribution in [3.8, 4) is 0 Å². The van der Waals surface area contributed by atoms with E-state index in [1.807, 2.05) is 0 Å². The Kier molecular flexibility index (Phi) is 6.41. The van der Waals surface area contributed by atoms with E-state index in [0.29, 0.717) is 6.61 Å². The summed E-state index contributed by atoms with van der Waals surface area (Å²) in [5, 5.41) is 8.50. The van der Waals surface area contributed by atoms with Gasteiger partial charge in [-0.15, -0.1) is 0 Å². The van der Waals surface area contributed by atoms with Gasteiger partial charge in [0, 0.05) is 7.11 Å². The van der Waals surface area contributed by atoms with Crippen LogP contribution in [0, 0.1) is 0 Å². The molecule has 0 aliphatic carbocycles. The standard InChI is InChI=1S/C7H14O5/c1-6(5-8)12-7(9)11-4-3-10-2/h6,8H,3-5H2,1-2H3. The number of methoxy groups -OCH3 is 1. The molecule has 0 aliphatic heterocycles. The largest absolute Gasteiger partial charge is 0.508 e. The lowest BCUT2D eigenvalue weighted by Gasteiger charge is -2.09. The Morgan fingerprint density at radius 3 is 2.67 bits per heavy atom. The molecular weight excluding hydrogens is 164 g/mol. The molecule has 72 valence electrons. The Morgan fingerprint density at radius 1 is 1.50 bits per heavy atom. The summed E-state index contributed by atoms with van der Waals surface area (Å²) in [6.45, 7) is 1.85. The average molecular weight is 178 g/mol. The summed E-state index contributed by atoms with van der Waals surface area (Å²) in [6, 6.07) is 0. The highest BCUT2D eigenvalue weighted by atomic mass is 16.7. The second-order valence-electron chi connectivity index (χ2n) is 2.20. The molecular formula is C7H14O5. The van der Waals surface area contributed by atoms with Gasteiger partial charge in [-0.25, -0.2) is 4.79 Å². The maximum atomic E-state index is 10.7. The molecule has 1 unspecified atom stereocenters. The van der Waals surface area contributed by atoms with E-state index in [4.69, 9.17) is 5.11 Å². The molecule has 0 radical (unpaired) electrons. The molecule has 1 N–H and O–H groups in total. The summed E-state index contributed by atoms with van der Waals surface area (Å²) in [4.78, 5) is 10.7. The minimum Gasteiger partial charge on any atom is -0.432 e. The van der Waals surface area contributed by atoms with Gasteiger partial charge in [0.2, 0.25) is 0 Å². The molecule has 0 fully saturated rings. The molecule has 0 amide bonds. The van der Waals surface area contributed by atoms with Gasteiger partial charge in [-0.3, -0.25) is 0 Å². The predicted molar refractivity (Wildman–Crippen MR) is 40.9 cm³/mol. The molecule has 12 heavy (non-hydrogen) atoms. The van der Waals surface area contributed by atoms with Crippen LogP contribution in [0.25, 0.3) is 0 Å². The fourth-order valence-corrected chi connectivity index (χ4v) is 0.444. The fourth-order valence-electron chi connectivity index (χ4n) is 0.444. The lowest BCUT2D eigenvalue weighted by atomic mass is 10.4. The number of carbonyl (C=O) groups excluding carboxylic acids is 1. The van der Waals surface area contributed by atoms with Crippen molar-refractivity contribution in [1.82, 2.24) is 0 Å². The van der Waals surface area contributed by atoms with Gasteiger partial charge in [0.1, 0.15) is 12.7 Å². The lowest BCUT2D eigenvalue weighted by Crippen LogP contribution is -2.20. The summed E-state index contributed by atoms with van der Waals surface area (Å²) in [5.41, 5.74) is 0. The molecule has 0 rings (SSSR count). The van der Waals surface area contributed by atoms with Crippen LogP contribution < -0.4 is 0 Å². The minimum atomic E-state index is -0.784. The normalized spacial score (nSPS) is 12.2. The van der Waals surface area contributed by atoms with Crippen LogP contribution in [0.15, 0.2) is 0 Å². The Labute approximate surface area is 71.2 Å². The molecule has 5 nitrogen and oxygen atoms in total. The third-order valence-corrected chi connectivity index (χ3v) is 1.06. The maximum Gasteiger partial charge on any atom is 0.508 e. The van der Waals surface area contributed by atoms with Crippen LogP contribution in [0.2, 0.25) is 0 Å². The zero-order valence-electron chi connectivity index (χ0n) is 7.28. The van der Waals surface area contributed by atoms with Crippen LogP contribution in [0.1, 0.15) is 6.92 Å². The average Bonchev–Trinajstić information content (AvgIpc) is 2.05. The van der Waals surface area contributed by atoms with E-state index in [2.05, 4.69) is 14.2 Å². The molecule has 0 aliphatic rings. The second kappa shape index (κ2) is 6.87. The van der Waals surface area contributed by atoms with Crippen molar-refractivity contribution in [2.24, 2.45) is 0 Å². The van der Waals surface area contributed by atoms with Gasteiger partial charge in [-0.2, -0.15) is 0 Å². The molecule has 0 aromatic rings. The Hall–Kier alpha value is -0.810. The Balaban J connectivity index is 3.33. The van der Waals surface area contributed by atoms with Gasteiger partial charge < -0.3 is 19.3 Å². The van der Waals surface area contributed by atoms with Gasteiger partial charge in [0.05, 0.1) is 13.2 Å². The minimum absolute atomic E-state index is 0.160. The molecule has 5 heteroatoms. The van der Waals surface area contributed by atoms with E-state index in [-0.39, 0.29) is 13.2 Å². The first-order chi connectivity index (χ1) is 5.70. The molecule has 0 aromatic heterocycles. The van der Waals surface area contributed by atoms with E-state index in [1.165, 1.54) is 7.11 Å². The van der Waals surface area contributed by atoms with E-state index in [0.717, 1.165) is 0 Å². The van der Waals surface area contributed by atoms with Gasteiger partial charge in [-0.1, -0.05) is 0 Å². The molecule has 0 saturated heterocycles. The first kappa shape index (κ1) is 11.2. The van der Waals surface area contributed by atoms with Crippen molar-refractivity contribution in [3.05, 3.63) is 0 Å². The zero-order chi connectivity index (χ0) is 9.40. The van der Waals surface area contributed by atoms with Gasteiger partial charge >= 0.3 is 6.16 Å². The van der Waals surface area contributed by atoms with Gasteiger partial charge in [0.25, 0.3) is 0 Å². The SMILES string of the molecule is COCCOC(=O)OC(C)CO. The monoisotopic (exact) mass is 178 g/mol. The summed E-state index contributed by atoms with van der Waals surface area (Å²) < 4.78 is 13.8. The van der Waals surface area contributed by atoms with E-state index < -0.39 is 12.3 Å². The number of carbonyl (C=O) groups is 1. The van der Waals surface area contributed by atoms with Crippen molar-refractivity contribution in [2.75, 3.05) is 26.9 Å². The highest BCUT2D eigenvalue weighted by molar-refractivity contribution is 5.60. The van der Waals surface area contributed by atoms with E-state index >= 15 is 0 Å². The number of aliphatic hydroxyl groups is 1. The number of aliphatic hydroxyl groups excluding tert-OH is 1. The van der Waals surface area contributed by atoms with Crippen molar-refractivity contribution in [2.45, 2.75) is 13.0 Å². The topological polar surface area (TPSA) is 65.0 Å².